The maximum absolute atomic E-state index is 13.3. The van der Waals surface area contributed by atoms with Crippen LogP contribution in [0.4, 0.5) is 4.39 Å². The third kappa shape index (κ3) is 2.66. The second kappa shape index (κ2) is 4.74. The first kappa shape index (κ1) is 11.3. The van der Waals surface area contributed by atoms with Crippen molar-refractivity contribution >= 4 is 5.78 Å². The van der Waals surface area contributed by atoms with Crippen LogP contribution < -0.4 is 0 Å². The maximum atomic E-state index is 13.3. The summed E-state index contributed by atoms with van der Waals surface area (Å²) in [6.45, 7) is 0. The van der Waals surface area contributed by atoms with Gasteiger partial charge in [-0.1, -0.05) is 12.1 Å². The Hall–Kier alpha value is -2.23. The lowest BCUT2D eigenvalue weighted by Crippen LogP contribution is -2.06. The van der Waals surface area contributed by atoms with E-state index in [-0.39, 0.29) is 23.5 Å². The Morgan fingerprint density at radius 3 is 2.88 bits per heavy atom. The molecule has 0 unspecified atom stereocenters. The highest BCUT2D eigenvalue weighted by atomic mass is 19.1. The van der Waals surface area contributed by atoms with Crippen LogP contribution in [-0.2, 0) is 6.42 Å². The molecular weight excluding hydrogens is 221 g/mol. The van der Waals surface area contributed by atoms with E-state index in [2.05, 4.69) is 4.98 Å². The number of aromatic hydroxyl groups is 1. The summed E-state index contributed by atoms with van der Waals surface area (Å²) in [4.78, 5) is 15.4. The lowest BCUT2D eigenvalue weighted by molar-refractivity contribution is 0.0989. The van der Waals surface area contributed by atoms with Crippen molar-refractivity contribution in [1.82, 2.24) is 4.98 Å². The van der Waals surface area contributed by atoms with E-state index >= 15 is 0 Å². The molecule has 1 heterocycles. The molecule has 2 aromatic rings. The van der Waals surface area contributed by atoms with Gasteiger partial charge in [-0.05, 0) is 23.8 Å². The van der Waals surface area contributed by atoms with Crippen LogP contribution in [0.25, 0.3) is 0 Å². The number of pyridine rings is 1. The summed E-state index contributed by atoms with van der Waals surface area (Å²) in [6, 6.07) is 7.69. The monoisotopic (exact) mass is 231 g/mol. The fraction of sp³-hybridized carbons (Fsp3) is 0.0769. The molecule has 0 bridgehead atoms. The number of phenols is 1. The van der Waals surface area contributed by atoms with Gasteiger partial charge in [0.05, 0.1) is 11.8 Å². The topological polar surface area (TPSA) is 50.2 Å². The van der Waals surface area contributed by atoms with Gasteiger partial charge in [-0.15, -0.1) is 0 Å². The van der Waals surface area contributed by atoms with E-state index in [1.807, 2.05) is 0 Å². The summed E-state index contributed by atoms with van der Waals surface area (Å²) in [5.74, 6) is -0.876. The Balaban J connectivity index is 2.20. The van der Waals surface area contributed by atoms with E-state index in [0.29, 0.717) is 5.56 Å². The Bertz CT molecular complexity index is 555. The molecule has 0 amide bonds. The van der Waals surface area contributed by atoms with Crippen molar-refractivity contribution in [2.24, 2.45) is 0 Å². The first-order valence-electron chi connectivity index (χ1n) is 5.07. The number of phenolic OH excluding ortho intramolecular Hbond substituents is 1. The first-order chi connectivity index (χ1) is 8.16. The van der Waals surface area contributed by atoms with Gasteiger partial charge in [0, 0.05) is 12.6 Å². The van der Waals surface area contributed by atoms with Crippen molar-refractivity contribution in [3.05, 3.63) is 59.7 Å². The smallest absolute Gasteiger partial charge is 0.170 e. The zero-order valence-corrected chi connectivity index (χ0v) is 8.93. The SMILES string of the molecule is O=C(Cc1cccc(O)c1)c1ccncc1F. The number of hydrogen-bond acceptors (Lipinski definition) is 3. The van der Waals surface area contributed by atoms with Crippen LogP contribution >= 0.6 is 0 Å². The number of carbonyl (C=O) groups is 1. The molecular formula is C13H10FNO2. The first-order valence-corrected chi connectivity index (χ1v) is 5.07. The number of halogens is 1. The van der Waals surface area contributed by atoms with Gasteiger partial charge >= 0.3 is 0 Å². The molecule has 2 rings (SSSR count). The number of aromatic nitrogens is 1. The van der Waals surface area contributed by atoms with Crippen LogP contribution in [0.2, 0.25) is 0 Å². The van der Waals surface area contributed by atoms with Gasteiger partial charge in [0.15, 0.2) is 11.6 Å². The third-order valence-corrected chi connectivity index (χ3v) is 2.35. The zero-order valence-electron chi connectivity index (χ0n) is 8.93. The number of nitrogens with zero attached hydrogens (tertiary/aromatic N) is 1. The summed E-state index contributed by atoms with van der Waals surface area (Å²) < 4.78 is 13.3. The van der Waals surface area contributed by atoms with E-state index in [0.717, 1.165) is 6.20 Å². The van der Waals surface area contributed by atoms with Crippen LogP contribution in [0.15, 0.2) is 42.7 Å². The van der Waals surface area contributed by atoms with Crippen LogP contribution in [0.1, 0.15) is 15.9 Å². The van der Waals surface area contributed by atoms with Crippen LogP contribution in [0.3, 0.4) is 0 Å². The van der Waals surface area contributed by atoms with Gasteiger partial charge in [0.2, 0.25) is 0 Å². The van der Waals surface area contributed by atoms with Gasteiger partial charge in [-0.25, -0.2) is 4.39 Å². The minimum atomic E-state index is -0.627. The molecule has 0 atom stereocenters. The second-order valence-corrected chi connectivity index (χ2v) is 3.63. The van der Waals surface area contributed by atoms with Gasteiger partial charge in [0.25, 0.3) is 0 Å². The summed E-state index contributed by atoms with van der Waals surface area (Å²) in [5.41, 5.74) is 0.662. The summed E-state index contributed by atoms with van der Waals surface area (Å²) in [5, 5.41) is 9.26. The summed E-state index contributed by atoms with van der Waals surface area (Å²) in [7, 11) is 0. The Kier molecular flexibility index (Phi) is 3.14. The normalized spacial score (nSPS) is 10.2. The summed E-state index contributed by atoms with van der Waals surface area (Å²) in [6.07, 6.45) is 2.43. The van der Waals surface area contributed by atoms with Crippen molar-refractivity contribution in [3.63, 3.8) is 0 Å². The highest BCUT2D eigenvalue weighted by Gasteiger charge is 2.12. The predicted molar refractivity (Wildman–Crippen MR) is 60.3 cm³/mol. The van der Waals surface area contributed by atoms with E-state index in [4.69, 9.17) is 0 Å². The fourth-order valence-electron chi connectivity index (χ4n) is 1.55. The molecule has 1 N–H and O–H groups in total. The minimum Gasteiger partial charge on any atom is -0.508 e. The molecule has 86 valence electrons. The highest BCUT2D eigenvalue weighted by molar-refractivity contribution is 5.97. The van der Waals surface area contributed by atoms with Crippen molar-refractivity contribution in [3.8, 4) is 5.75 Å². The predicted octanol–water partition coefficient (Wildman–Crippen LogP) is 2.35. The van der Waals surface area contributed by atoms with Crippen LogP contribution in [-0.4, -0.2) is 15.9 Å². The third-order valence-electron chi connectivity index (χ3n) is 2.35. The maximum Gasteiger partial charge on any atom is 0.170 e. The van der Waals surface area contributed by atoms with E-state index in [1.54, 1.807) is 12.1 Å². The van der Waals surface area contributed by atoms with Crippen LogP contribution in [0, 0.1) is 5.82 Å². The van der Waals surface area contributed by atoms with E-state index in [1.165, 1.54) is 24.4 Å². The van der Waals surface area contributed by atoms with E-state index < -0.39 is 5.82 Å². The zero-order chi connectivity index (χ0) is 12.3. The number of carbonyl (C=O) groups excluding carboxylic acids is 1. The molecule has 0 saturated heterocycles. The molecule has 0 saturated carbocycles. The van der Waals surface area contributed by atoms with E-state index in [9.17, 15) is 14.3 Å². The Morgan fingerprint density at radius 2 is 2.18 bits per heavy atom. The van der Waals surface area contributed by atoms with Gasteiger partial charge < -0.3 is 5.11 Å². The highest BCUT2D eigenvalue weighted by Crippen LogP contribution is 2.14. The molecule has 0 aliphatic carbocycles. The summed E-state index contributed by atoms with van der Waals surface area (Å²) >= 11 is 0. The minimum absolute atomic E-state index is 0.0170. The van der Waals surface area contributed by atoms with Crippen molar-refractivity contribution in [2.45, 2.75) is 6.42 Å². The Labute approximate surface area is 97.6 Å². The lowest BCUT2D eigenvalue weighted by atomic mass is 10.0. The number of rotatable bonds is 3. The molecule has 4 heteroatoms. The second-order valence-electron chi connectivity index (χ2n) is 3.63. The molecule has 1 aromatic carbocycles. The van der Waals surface area contributed by atoms with Gasteiger partial charge in [-0.2, -0.15) is 0 Å². The molecule has 0 aliphatic rings. The van der Waals surface area contributed by atoms with Crippen molar-refractivity contribution in [1.29, 1.82) is 0 Å². The molecule has 0 aliphatic heterocycles. The molecule has 1 aromatic heterocycles. The quantitative estimate of drug-likeness (QED) is 0.825. The fourth-order valence-corrected chi connectivity index (χ4v) is 1.55. The van der Waals surface area contributed by atoms with Gasteiger partial charge in [0.1, 0.15) is 5.75 Å². The van der Waals surface area contributed by atoms with Crippen molar-refractivity contribution in [2.75, 3.05) is 0 Å². The molecule has 0 fully saturated rings. The number of benzene rings is 1. The molecule has 17 heavy (non-hydrogen) atoms. The number of ketones is 1. The molecule has 0 radical (unpaired) electrons. The average molecular weight is 231 g/mol. The molecule has 3 nitrogen and oxygen atoms in total. The lowest BCUT2D eigenvalue weighted by Gasteiger charge is -2.02. The largest absolute Gasteiger partial charge is 0.508 e. The van der Waals surface area contributed by atoms with Crippen LogP contribution in [0.5, 0.6) is 5.75 Å². The molecule has 0 spiro atoms. The number of hydrogen-bond donors (Lipinski definition) is 1. The Morgan fingerprint density at radius 1 is 1.35 bits per heavy atom. The standard InChI is InChI=1S/C13H10FNO2/c14-12-8-15-5-4-11(12)13(17)7-9-2-1-3-10(16)6-9/h1-6,8,16H,7H2. The van der Waals surface area contributed by atoms with Gasteiger partial charge in [-0.3, -0.25) is 9.78 Å². The van der Waals surface area contributed by atoms with Crippen molar-refractivity contribution < 1.29 is 14.3 Å². The average Bonchev–Trinajstić information content (AvgIpc) is 2.29. The number of Topliss-reactive ketones (excluding diaryl/α,β-unsaturated/α-hetero) is 1.